The molecule has 1 aliphatic carbocycles. The number of likely N-dealkylation sites (tertiary alicyclic amines) is 1. The fourth-order valence-corrected chi connectivity index (χ4v) is 3.53. The molecule has 2 N–H and O–H groups in total. The molecule has 4 nitrogen and oxygen atoms in total. The average molecular weight is 240 g/mol. The molecule has 3 atom stereocenters. The highest BCUT2D eigenvalue weighted by atomic mass is 16.5. The topological polar surface area (TPSA) is 44.7 Å². The smallest absolute Gasteiger partial charge is 0.0707 e. The van der Waals surface area contributed by atoms with E-state index >= 15 is 0 Å². The van der Waals surface area contributed by atoms with E-state index in [1.54, 1.807) is 0 Å². The number of hydrogen-bond acceptors (Lipinski definition) is 4. The number of aliphatic hydroxyl groups excluding tert-OH is 1. The molecule has 0 aromatic heterocycles. The maximum Gasteiger partial charge on any atom is 0.0707 e. The summed E-state index contributed by atoms with van der Waals surface area (Å²) in [5.41, 5.74) is -0.0726. The van der Waals surface area contributed by atoms with Crippen LogP contribution in [0, 0.1) is 5.92 Å². The summed E-state index contributed by atoms with van der Waals surface area (Å²) in [5, 5.41) is 13.1. The third-order valence-corrected chi connectivity index (χ3v) is 4.76. The van der Waals surface area contributed by atoms with Gasteiger partial charge < -0.3 is 15.2 Å². The fourth-order valence-electron chi connectivity index (χ4n) is 3.53. The van der Waals surface area contributed by atoms with E-state index < -0.39 is 0 Å². The van der Waals surface area contributed by atoms with E-state index in [0.717, 1.165) is 19.6 Å². The van der Waals surface area contributed by atoms with Crippen LogP contribution in [0.25, 0.3) is 0 Å². The van der Waals surface area contributed by atoms with Gasteiger partial charge in [0.1, 0.15) is 0 Å². The van der Waals surface area contributed by atoms with Gasteiger partial charge in [0.05, 0.1) is 24.4 Å². The fraction of sp³-hybridized carbons (Fsp3) is 1.00. The molecule has 3 aliphatic rings. The van der Waals surface area contributed by atoms with Gasteiger partial charge in [0.25, 0.3) is 0 Å². The number of hydrogen-bond donors (Lipinski definition) is 2. The highest BCUT2D eigenvalue weighted by Gasteiger charge is 2.46. The summed E-state index contributed by atoms with van der Waals surface area (Å²) in [5.74, 6) is 0.665. The predicted octanol–water partition coefficient (Wildman–Crippen LogP) is 0.210. The SMILES string of the molecule is CNC(CO)(CN1CC2CCC(C1)O2)C1CC1. The zero-order valence-corrected chi connectivity index (χ0v) is 10.7. The summed E-state index contributed by atoms with van der Waals surface area (Å²) >= 11 is 0. The van der Waals surface area contributed by atoms with Crippen LogP contribution in [0.2, 0.25) is 0 Å². The number of aliphatic hydroxyl groups is 1. The van der Waals surface area contributed by atoms with Crippen LogP contribution in [0.3, 0.4) is 0 Å². The van der Waals surface area contributed by atoms with E-state index in [4.69, 9.17) is 4.74 Å². The first kappa shape index (κ1) is 11.9. The monoisotopic (exact) mass is 240 g/mol. The standard InChI is InChI=1S/C13H24N2O2/c1-14-13(9-16,10-2-3-10)8-15-6-11-4-5-12(7-15)17-11/h10-12,14,16H,2-9H2,1H3. The first-order valence-electron chi connectivity index (χ1n) is 6.93. The molecular weight excluding hydrogens is 216 g/mol. The zero-order chi connectivity index (χ0) is 11.9. The second-order valence-corrected chi connectivity index (χ2v) is 5.99. The van der Waals surface area contributed by atoms with Gasteiger partial charge in [-0.25, -0.2) is 0 Å². The van der Waals surface area contributed by atoms with Crippen LogP contribution >= 0.6 is 0 Å². The molecule has 2 bridgehead atoms. The lowest BCUT2D eigenvalue weighted by Gasteiger charge is -2.40. The Kier molecular flexibility index (Phi) is 3.15. The Morgan fingerprint density at radius 1 is 1.24 bits per heavy atom. The molecule has 3 fully saturated rings. The third kappa shape index (κ3) is 2.24. The van der Waals surface area contributed by atoms with E-state index in [1.807, 2.05) is 7.05 Å². The molecule has 0 radical (unpaired) electrons. The van der Waals surface area contributed by atoms with Crippen molar-refractivity contribution in [2.75, 3.05) is 33.3 Å². The van der Waals surface area contributed by atoms with Crippen molar-refractivity contribution in [2.45, 2.75) is 43.4 Å². The van der Waals surface area contributed by atoms with Crippen LogP contribution in [0.5, 0.6) is 0 Å². The molecular formula is C13H24N2O2. The molecule has 0 aromatic carbocycles. The molecule has 3 rings (SSSR count). The second-order valence-electron chi connectivity index (χ2n) is 5.99. The molecule has 2 saturated heterocycles. The van der Waals surface area contributed by atoms with Crippen molar-refractivity contribution in [3.05, 3.63) is 0 Å². The molecule has 17 heavy (non-hydrogen) atoms. The van der Waals surface area contributed by atoms with E-state index in [0.29, 0.717) is 18.1 Å². The van der Waals surface area contributed by atoms with Crippen molar-refractivity contribution in [1.29, 1.82) is 0 Å². The van der Waals surface area contributed by atoms with Gasteiger partial charge in [-0.3, -0.25) is 4.90 Å². The highest BCUT2D eigenvalue weighted by molar-refractivity contribution is 5.03. The molecule has 98 valence electrons. The lowest BCUT2D eigenvalue weighted by Crippen LogP contribution is -2.59. The van der Waals surface area contributed by atoms with Crippen molar-refractivity contribution >= 4 is 0 Å². The molecule has 2 heterocycles. The van der Waals surface area contributed by atoms with Crippen LogP contribution < -0.4 is 5.32 Å². The van der Waals surface area contributed by atoms with E-state index in [9.17, 15) is 5.11 Å². The first-order chi connectivity index (χ1) is 8.25. The lowest BCUT2D eigenvalue weighted by atomic mass is 9.93. The highest BCUT2D eigenvalue weighted by Crippen LogP contribution is 2.40. The predicted molar refractivity (Wildman–Crippen MR) is 65.9 cm³/mol. The maximum absolute atomic E-state index is 9.74. The van der Waals surface area contributed by atoms with Crippen LogP contribution in [0.1, 0.15) is 25.7 Å². The molecule has 0 aromatic rings. The Labute approximate surface area is 103 Å². The van der Waals surface area contributed by atoms with E-state index in [-0.39, 0.29) is 12.1 Å². The van der Waals surface area contributed by atoms with Crippen molar-refractivity contribution in [3.8, 4) is 0 Å². The van der Waals surface area contributed by atoms with Crippen LogP contribution in [-0.2, 0) is 4.74 Å². The zero-order valence-electron chi connectivity index (χ0n) is 10.7. The van der Waals surface area contributed by atoms with Gasteiger partial charge in [-0.1, -0.05) is 0 Å². The van der Waals surface area contributed by atoms with Gasteiger partial charge in [-0.2, -0.15) is 0 Å². The maximum atomic E-state index is 9.74. The van der Waals surface area contributed by atoms with E-state index in [1.165, 1.54) is 25.7 Å². The Morgan fingerprint density at radius 3 is 2.35 bits per heavy atom. The molecule has 3 unspecified atom stereocenters. The molecule has 0 spiro atoms. The Bertz CT molecular complexity index is 265. The molecule has 4 heteroatoms. The minimum atomic E-state index is -0.0726. The average Bonchev–Trinajstić information content (AvgIpc) is 3.14. The number of morpholine rings is 1. The lowest BCUT2D eigenvalue weighted by molar-refractivity contribution is -0.0511. The van der Waals surface area contributed by atoms with Gasteiger partial charge in [0.15, 0.2) is 0 Å². The van der Waals surface area contributed by atoms with Crippen LogP contribution in [0.15, 0.2) is 0 Å². The second kappa shape index (κ2) is 4.50. The molecule has 2 aliphatic heterocycles. The van der Waals surface area contributed by atoms with Gasteiger partial charge in [-0.15, -0.1) is 0 Å². The van der Waals surface area contributed by atoms with Gasteiger partial charge >= 0.3 is 0 Å². The summed E-state index contributed by atoms with van der Waals surface area (Å²) in [6.07, 6.45) is 5.85. The number of nitrogens with zero attached hydrogens (tertiary/aromatic N) is 1. The first-order valence-corrected chi connectivity index (χ1v) is 6.93. The normalized spacial score (nSPS) is 37.1. The minimum Gasteiger partial charge on any atom is -0.394 e. The Hall–Kier alpha value is -0.160. The molecule has 0 amide bonds. The van der Waals surface area contributed by atoms with Crippen molar-refractivity contribution < 1.29 is 9.84 Å². The minimum absolute atomic E-state index is 0.0726. The molecule has 1 saturated carbocycles. The van der Waals surface area contributed by atoms with Crippen LogP contribution in [0.4, 0.5) is 0 Å². The van der Waals surface area contributed by atoms with E-state index in [2.05, 4.69) is 10.2 Å². The van der Waals surface area contributed by atoms with Gasteiger partial charge in [0, 0.05) is 19.6 Å². The third-order valence-electron chi connectivity index (χ3n) is 4.76. The number of rotatable bonds is 5. The van der Waals surface area contributed by atoms with Crippen LogP contribution in [-0.4, -0.2) is 61.0 Å². The van der Waals surface area contributed by atoms with Gasteiger partial charge in [0.2, 0.25) is 0 Å². The number of fused-ring (bicyclic) bond motifs is 2. The number of nitrogens with one attached hydrogen (secondary N) is 1. The van der Waals surface area contributed by atoms with Crippen molar-refractivity contribution in [2.24, 2.45) is 5.92 Å². The summed E-state index contributed by atoms with van der Waals surface area (Å²) in [4.78, 5) is 2.50. The Morgan fingerprint density at radius 2 is 1.88 bits per heavy atom. The largest absolute Gasteiger partial charge is 0.394 e. The summed E-state index contributed by atoms with van der Waals surface area (Å²) in [7, 11) is 1.99. The number of likely N-dealkylation sites (N-methyl/N-ethyl adjacent to an activating group) is 1. The summed E-state index contributed by atoms with van der Waals surface area (Å²) in [6.45, 7) is 3.32. The van der Waals surface area contributed by atoms with Crippen molar-refractivity contribution in [3.63, 3.8) is 0 Å². The summed E-state index contributed by atoms with van der Waals surface area (Å²) < 4.78 is 5.86. The Balaban J connectivity index is 1.64. The van der Waals surface area contributed by atoms with Crippen molar-refractivity contribution in [1.82, 2.24) is 10.2 Å². The quantitative estimate of drug-likeness (QED) is 0.721. The van der Waals surface area contributed by atoms with Gasteiger partial charge in [-0.05, 0) is 38.6 Å². The number of ether oxygens (including phenoxy) is 1. The summed E-state index contributed by atoms with van der Waals surface area (Å²) in [6, 6.07) is 0.